The van der Waals surface area contributed by atoms with Gasteiger partial charge in [-0.3, -0.25) is 43.2 Å². The van der Waals surface area contributed by atoms with Crippen LogP contribution >= 0.6 is 0 Å². The molecule has 7 amide bonds. The average Bonchev–Trinajstić information content (AvgIpc) is 3.65. The van der Waals surface area contributed by atoms with Gasteiger partial charge < -0.3 is 63.3 Å². The summed E-state index contributed by atoms with van der Waals surface area (Å²) in [5.74, 6) is -9.27. The fourth-order valence-electron chi connectivity index (χ4n) is 6.74. The van der Waals surface area contributed by atoms with E-state index in [2.05, 4.69) is 42.2 Å². The van der Waals surface area contributed by atoms with Gasteiger partial charge in [0.05, 0.1) is 19.1 Å². The molecule has 21 nitrogen and oxygen atoms in total. The summed E-state index contributed by atoms with van der Waals surface area (Å²) >= 11 is 0. The molecule has 0 saturated carbocycles. The highest BCUT2D eigenvalue weighted by molar-refractivity contribution is 5.99. The number of nitrogens with one attached hydrogen (secondary N) is 8. The molecule has 0 aliphatic rings. The Bertz CT molecular complexity index is 2140. The standard InChI is InChI=1S/C44H61N9O12/c1-23(2)15-29(45)39(60)48-25(5)38(59)49-32(17-26-11-7-6-8-12-26)41(62)51-33(18-27-20-46-30-14-10-9-13-28(27)30)42(63)52-34(19-36(55)56)43(64)53-35(22-54)44(65)50-31(16-24(3)4)40(61)47-21-37(57)58/h6-14,20,23-25,29,31-35,46,54H,15-19,21-22,45H2,1-5H3,(H,47,61)(H,48,60)(H,49,59)(H,50,65)(H,51,62)(H,52,63)(H,53,64)(H,55,56)(H,57,58)/t25-,29-,31-,32-,33-,34-,35-/m0/s1. The molecule has 0 aliphatic carbocycles. The summed E-state index contributed by atoms with van der Waals surface area (Å²) in [7, 11) is 0. The molecule has 0 spiro atoms. The highest BCUT2D eigenvalue weighted by Crippen LogP contribution is 2.20. The van der Waals surface area contributed by atoms with Crippen LogP contribution in [0.2, 0.25) is 0 Å². The summed E-state index contributed by atoms with van der Waals surface area (Å²) in [6.07, 6.45) is 0.718. The Morgan fingerprint density at radius 1 is 0.569 bits per heavy atom. The molecular formula is C44H61N9O12. The number of aliphatic carboxylic acids is 2. The fourth-order valence-corrected chi connectivity index (χ4v) is 6.74. The van der Waals surface area contributed by atoms with Crippen molar-refractivity contribution in [3.63, 3.8) is 0 Å². The summed E-state index contributed by atoms with van der Waals surface area (Å²) in [6.45, 7) is 6.89. The molecule has 0 unspecified atom stereocenters. The number of aromatic amines is 1. The predicted octanol–water partition coefficient (Wildman–Crippen LogP) is -1.03. The van der Waals surface area contributed by atoms with E-state index in [4.69, 9.17) is 10.8 Å². The molecule has 13 N–H and O–H groups in total. The monoisotopic (exact) mass is 907 g/mol. The molecule has 7 atom stereocenters. The van der Waals surface area contributed by atoms with E-state index in [1.807, 2.05) is 13.8 Å². The lowest BCUT2D eigenvalue weighted by molar-refractivity contribution is -0.141. The lowest BCUT2D eigenvalue weighted by atomic mass is 10.0. The molecule has 0 radical (unpaired) electrons. The predicted molar refractivity (Wildman–Crippen MR) is 236 cm³/mol. The maximum atomic E-state index is 14.3. The third-order valence-electron chi connectivity index (χ3n) is 10.0. The Balaban J connectivity index is 1.92. The maximum absolute atomic E-state index is 14.3. The summed E-state index contributed by atoms with van der Waals surface area (Å²) in [5.41, 5.74) is 7.87. The number of H-pyrrole nitrogens is 1. The number of aromatic nitrogens is 1. The van der Waals surface area contributed by atoms with Crippen molar-refractivity contribution < 1.29 is 58.5 Å². The van der Waals surface area contributed by atoms with Crippen molar-refractivity contribution in [2.24, 2.45) is 17.6 Å². The zero-order chi connectivity index (χ0) is 48.4. The Kier molecular flexibility index (Phi) is 20.5. The quantitative estimate of drug-likeness (QED) is 0.0459. The second-order valence-electron chi connectivity index (χ2n) is 16.5. The molecule has 3 aromatic rings. The van der Waals surface area contributed by atoms with Crippen molar-refractivity contribution in [2.45, 2.75) is 109 Å². The minimum Gasteiger partial charge on any atom is -0.481 e. The number of aliphatic hydroxyl groups excluding tert-OH is 1. The lowest BCUT2D eigenvalue weighted by Gasteiger charge is -2.27. The number of hydrogen-bond acceptors (Lipinski definition) is 11. The Hall–Kier alpha value is -6.87. The molecule has 354 valence electrons. The summed E-state index contributed by atoms with van der Waals surface area (Å²) in [4.78, 5) is 121. The molecule has 3 rings (SSSR count). The van der Waals surface area contributed by atoms with Gasteiger partial charge in [-0.1, -0.05) is 76.2 Å². The van der Waals surface area contributed by atoms with Crippen LogP contribution in [-0.4, -0.2) is 129 Å². The number of hydrogen-bond donors (Lipinski definition) is 12. The van der Waals surface area contributed by atoms with E-state index >= 15 is 0 Å². The van der Waals surface area contributed by atoms with E-state index in [0.717, 1.165) is 0 Å². The fraction of sp³-hybridized carbons (Fsp3) is 0.477. The Labute approximate surface area is 375 Å². The van der Waals surface area contributed by atoms with Gasteiger partial charge in [0.15, 0.2) is 0 Å². The Morgan fingerprint density at radius 3 is 1.69 bits per heavy atom. The normalized spacial score (nSPS) is 14.4. The van der Waals surface area contributed by atoms with Gasteiger partial charge in [-0.25, -0.2) is 0 Å². The van der Waals surface area contributed by atoms with Crippen molar-refractivity contribution in [3.05, 3.63) is 71.9 Å². The first-order valence-electron chi connectivity index (χ1n) is 21.2. The minimum absolute atomic E-state index is 0.0448. The van der Waals surface area contributed by atoms with Gasteiger partial charge in [-0.2, -0.15) is 0 Å². The van der Waals surface area contributed by atoms with Gasteiger partial charge in [0.2, 0.25) is 41.4 Å². The molecule has 21 heteroatoms. The third kappa shape index (κ3) is 17.3. The van der Waals surface area contributed by atoms with Gasteiger partial charge in [0, 0.05) is 29.9 Å². The van der Waals surface area contributed by atoms with Gasteiger partial charge in [0.25, 0.3) is 0 Å². The van der Waals surface area contributed by atoms with Crippen molar-refractivity contribution in [3.8, 4) is 0 Å². The molecule has 0 aliphatic heterocycles. The van der Waals surface area contributed by atoms with Crippen LogP contribution in [0, 0.1) is 11.8 Å². The molecular weight excluding hydrogens is 847 g/mol. The number of carboxylic acids is 2. The first-order valence-corrected chi connectivity index (χ1v) is 21.2. The van der Waals surface area contributed by atoms with Gasteiger partial charge in [0.1, 0.15) is 42.8 Å². The average molecular weight is 908 g/mol. The minimum atomic E-state index is -1.89. The van der Waals surface area contributed by atoms with Crippen molar-refractivity contribution in [1.82, 2.24) is 42.2 Å². The van der Waals surface area contributed by atoms with E-state index in [-0.39, 0.29) is 31.1 Å². The number of aliphatic hydroxyl groups is 1. The van der Waals surface area contributed by atoms with E-state index in [0.29, 0.717) is 28.5 Å². The largest absolute Gasteiger partial charge is 0.481 e. The molecule has 1 heterocycles. The number of carbonyl (C=O) groups is 9. The number of carboxylic acid groups (broad SMARTS) is 2. The third-order valence-corrected chi connectivity index (χ3v) is 10.0. The topological polar surface area (TPSA) is 340 Å². The first-order chi connectivity index (χ1) is 30.7. The van der Waals surface area contributed by atoms with Gasteiger partial charge >= 0.3 is 11.9 Å². The van der Waals surface area contributed by atoms with Gasteiger partial charge in [-0.05, 0) is 48.8 Å². The number of carbonyl (C=O) groups excluding carboxylic acids is 7. The summed E-state index contributed by atoms with van der Waals surface area (Å²) in [6, 6.07) is 5.90. The van der Waals surface area contributed by atoms with Crippen LogP contribution in [0.15, 0.2) is 60.8 Å². The summed E-state index contributed by atoms with van der Waals surface area (Å²) in [5, 5.41) is 46.5. The van der Waals surface area contributed by atoms with Crippen molar-refractivity contribution in [2.75, 3.05) is 13.2 Å². The highest BCUT2D eigenvalue weighted by Gasteiger charge is 2.35. The van der Waals surface area contributed by atoms with Crippen LogP contribution in [0.1, 0.15) is 65.0 Å². The zero-order valence-electron chi connectivity index (χ0n) is 37.0. The second-order valence-corrected chi connectivity index (χ2v) is 16.5. The van der Waals surface area contributed by atoms with E-state index in [9.17, 15) is 53.4 Å². The number of benzene rings is 2. The summed E-state index contributed by atoms with van der Waals surface area (Å²) < 4.78 is 0. The smallest absolute Gasteiger partial charge is 0.322 e. The first kappa shape index (κ1) is 52.5. The van der Waals surface area contributed by atoms with E-state index < -0.39 is 115 Å². The molecule has 1 aromatic heterocycles. The van der Waals surface area contributed by atoms with E-state index in [1.54, 1.807) is 74.6 Å². The van der Waals surface area contributed by atoms with Gasteiger partial charge in [-0.15, -0.1) is 0 Å². The highest BCUT2D eigenvalue weighted by atomic mass is 16.4. The zero-order valence-corrected chi connectivity index (χ0v) is 37.0. The van der Waals surface area contributed by atoms with E-state index in [1.165, 1.54) is 6.92 Å². The number of amides is 7. The molecule has 0 saturated heterocycles. The number of rotatable bonds is 26. The van der Waals surface area contributed by atoms with Crippen LogP contribution in [0.4, 0.5) is 0 Å². The van der Waals surface area contributed by atoms with Crippen LogP contribution < -0.4 is 43.0 Å². The SMILES string of the molecule is CC(C)C[C@H](NC(=O)[C@H](CO)NC(=O)[C@H](CC(=O)O)NC(=O)[C@H](Cc1c[nH]c2ccccc12)NC(=O)[C@H](Cc1ccccc1)NC(=O)[C@H](C)NC(=O)[C@@H](N)CC(C)C)C(=O)NCC(=O)O. The second kappa shape index (κ2) is 25.4. The van der Waals surface area contributed by atoms with Crippen LogP contribution in [0.25, 0.3) is 10.9 Å². The molecule has 65 heavy (non-hydrogen) atoms. The number of fused-ring (bicyclic) bond motifs is 1. The number of para-hydroxylation sites is 1. The molecule has 2 aromatic carbocycles. The number of nitrogens with two attached hydrogens (primary N) is 1. The van der Waals surface area contributed by atoms with Crippen molar-refractivity contribution in [1.29, 1.82) is 0 Å². The Morgan fingerprint density at radius 2 is 1.09 bits per heavy atom. The molecule has 0 fully saturated rings. The van der Waals surface area contributed by atoms with Crippen LogP contribution in [0.3, 0.4) is 0 Å². The molecule has 0 bridgehead atoms. The van der Waals surface area contributed by atoms with Crippen molar-refractivity contribution >= 4 is 64.2 Å². The maximum Gasteiger partial charge on any atom is 0.322 e. The van der Waals surface area contributed by atoms with Crippen LogP contribution in [-0.2, 0) is 56.0 Å². The van der Waals surface area contributed by atoms with Crippen LogP contribution in [0.5, 0.6) is 0 Å². The lowest BCUT2D eigenvalue weighted by Crippen LogP contribution is -2.61.